The van der Waals surface area contributed by atoms with Gasteiger partial charge in [0, 0.05) is 0 Å². The van der Waals surface area contributed by atoms with Gasteiger partial charge in [0.1, 0.15) is 11.9 Å². The van der Waals surface area contributed by atoms with Crippen LogP contribution >= 0.6 is 0 Å². The lowest BCUT2D eigenvalue weighted by molar-refractivity contribution is 0.371. The van der Waals surface area contributed by atoms with Crippen LogP contribution in [0.2, 0.25) is 0 Å². The van der Waals surface area contributed by atoms with Gasteiger partial charge in [0.2, 0.25) is 0 Å². The van der Waals surface area contributed by atoms with E-state index in [4.69, 9.17) is 10.5 Å². The first kappa shape index (κ1) is 12.0. The van der Waals surface area contributed by atoms with E-state index in [0.717, 1.165) is 11.3 Å². The predicted octanol–water partition coefficient (Wildman–Crippen LogP) is 2.79. The molecule has 0 saturated heterocycles. The molecule has 1 rings (SSSR count). The van der Waals surface area contributed by atoms with Crippen LogP contribution in [0.25, 0.3) is 0 Å². The Kier molecular flexibility index (Phi) is 4.09. The molecule has 0 fully saturated rings. The molecule has 2 N–H and O–H groups in total. The Morgan fingerprint density at radius 3 is 2.53 bits per heavy atom. The van der Waals surface area contributed by atoms with Gasteiger partial charge >= 0.3 is 0 Å². The van der Waals surface area contributed by atoms with Crippen LogP contribution in [-0.2, 0) is 0 Å². The van der Waals surface area contributed by atoms with Gasteiger partial charge in [0.25, 0.3) is 0 Å². The second-order valence-electron chi connectivity index (χ2n) is 3.75. The average Bonchev–Trinajstić information content (AvgIpc) is 2.27. The van der Waals surface area contributed by atoms with Gasteiger partial charge in [-0.1, -0.05) is 13.0 Å². The van der Waals surface area contributed by atoms with E-state index < -0.39 is 6.17 Å². The molecule has 1 aromatic rings. The zero-order valence-electron chi connectivity index (χ0n) is 9.46. The minimum Gasteiger partial charge on any atom is -0.496 e. The number of halogens is 1. The molecule has 2 nitrogen and oxygen atoms in total. The van der Waals surface area contributed by atoms with Crippen LogP contribution in [0, 0.1) is 0 Å². The molecule has 0 bridgehead atoms. The van der Waals surface area contributed by atoms with Crippen LogP contribution in [0.5, 0.6) is 5.75 Å². The second-order valence-corrected chi connectivity index (χ2v) is 3.75. The molecule has 0 spiro atoms. The topological polar surface area (TPSA) is 35.2 Å². The molecule has 0 amide bonds. The summed E-state index contributed by atoms with van der Waals surface area (Å²) in [6.45, 7) is 4.06. The number of rotatable bonds is 4. The lowest BCUT2D eigenvalue weighted by Gasteiger charge is -2.15. The highest BCUT2D eigenvalue weighted by molar-refractivity contribution is 5.40. The third kappa shape index (κ3) is 2.69. The first-order chi connectivity index (χ1) is 7.10. The van der Waals surface area contributed by atoms with E-state index in [9.17, 15) is 4.39 Å². The lowest BCUT2D eigenvalue weighted by Crippen LogP contribution is -2.10. The van der Waals surface area contributed by atoms with E-state index in [0.29, 0.717) is 12.1 Å². The highest BCUT2D eigenvalue weighted by atomic mass is 19.1. The Hall–Kier alpha value is -1.09. The zero-order valence-corrected chi connectivity index (χ0v) is 9.46. The quantitative estimate of drug-likeness (QED) is 0.831. The van der Waals surface area contributed by atoms with Crippen molar-refractivity contribution in [1.82, 2.24) is 0 Å². The summed E-state index contributed by atoms with van der Waals surface area (Å²) in [5.74, 6) is 0.955. The summed E-state index contributed by atoms with van der Waals surface area (Å²) in [5.41, 5.74) is 7.25. The molecular formula is C12H18FNO. The first-order valence-corrected chi connectivity index (χ1v) is 5.12. The normalized spacial score (nSPS) is 14.7. The van der Waals surface area contributed by atoms with Crippen LogP contribution in [-0.4, -0.2) is 13.7 Å². The maximum atomic E-state index is 13.1. The van der Waals surface area contributed by atoms with Crippen molar-refractivity contribution in [3.05, 3.63) is 29.3 Å². The number of alkyl halides is 1. The molecular weight excluding hydrogens is 193 g/mol. The molecule has 0 saturated carbocycles. The molecule has 0 heterocycles. The van der Waals surface area contributed by atoms with Crippen molar-refractivity contribution in [2.75, 3.05) is 13.7 Å². The van der Waals surface area contributed by atoms with Gasteiger partial charge in [-0.15, -0.1) is 0 Å². The smallest absolute Gasteiger partial charge is 0.122 e. The Bertz CT molecular complexity index is 325. The highest BCUT2D eigenvalue weighted by Crippen LogP contribution is 2.29. The first-order valence-electron chi connectivity index (χ1n) is 5.12. The van der Waals surface area contributed by atoms with Crippen LogP contribution in [0.1, 0.15) is 37.1 Å². The van der Waals surface area contributed by atoms with Crippen LogP contribution in [0.15, 0.2) is 18.2 Å². The Morgan fingerprint density at radius 1 is 1.40 bits per heavy atom. The molecule has 2 atom stereocenters. The molecule has 0 aliphatic carbocycles. The number of ether oxygens (including phenoxy) is 1. The molecule has 2 unspecified atom stereocenters. The molecule has 0 aliphatic rings. The summed E-state index contributed by atoms with van der Waals surface area (Å²) in [7, 11) is 1.61. The van der Waals surface area contributed by atoms with Crippen LogP contribution in [0.4, 0.5) is 4.39 Å². The standard InChI is InChI=1S/C12H18FNO/c1-8(7-14)11-6-10(9(2)13)4-5-12(11)15-3/h4-6,8-9H,7,14H2,1-3H3. The SMILES string of the molecule is COc1ccc(C(C)F)cc1C(C)CN. The van der Waals surface area contributed by atoms with Gasteiger partial charge in [-0.3, -0.25) is 0 Å². The van der Waals surface area contributed by atoms with Gasteiger partial charge in [-0.2, -0.15) is 0 Å². The monoisotopic (exact) mass is 211 g/mol. The lowest BCUT2D eigenvalue weighted by atomic mass is 9.97. The van der Waals surface area contributed by atoms with Gasteiger partial charge < -0.3 is 10.5 Å². The second kappa shape index (κ2) is 5.12. The van der Waals surface area contributed by atoms with E-state index >= 15 is 0 Å². The fourth-order valence-electron chi connectivity index (χ4n) is 1.51. The van der Waals surface area contributed by atoms with Crippen molar-refractivity contribution in [2.45, 2.75) is 25.9 Å². The third-order valence-electron chi connectivity index (χ3n) is 2.60. The molecule has 1 aromatic carbocycles. The van der Waals surface area contributed by atoms with Crippen LogP contribution < -0.4 is 10.5 Å². The zero-order chi connectivity index (χ0) is 11.4. The summed E-state index contributed by atoms with van der Waals surface area (Å²) < 4.78 is 18.4. The fraction of sp³-hybridized carbons (Fsp3) is 0.500. The van der Waals surface area contributed by atoms with E-state index in [2.05, 4.69) is 0 Å². The maximum Gasteiger partial charge on any atom is 0.122 e. The van der Waals surface area contributed by atoms with Crippen molar-refractivity contribution >= 4 is 0 Å². The minimum atomic E-state index is -0.959. The Morgan fingerprint density at radius 2 is 2.07 bits per heavy atom. The van der Waals surface area contributed by atoms with Gasteiger partial charge in [-0.25, -0.2) is 4.39 Å². The number of methoxy groups -OCH3 is 1. The summed E-state index contributed by atoms with van der Waals surface area (Å²) in [6, 6.07) is 5.38. The van der Waals surface area contributed by atoms with Crippen LogP contribution in [0.3, 0.4) is 0 Å². The average molecular weight is 211 g/mol. The van der Waals surface area contributed by atoms with E-state index in [1.54, 1.807) is 19.2 Å². The van der Waals surface area contributed by atoms with Crippen molar-refractivity contribution in [1.29, 1.82) is 0 Å². The summed E-state index contributed by atoms with van der Waals surface area (Å²) in [5, 5.41) is 0. The van der Waals surface area contributed by atoms with Crippen molar-refractivity contribution in [2.24, 2.45) is 5.73 Å². The van der Waals surface area contributed by atoms with Gasteiger partial charge in [0.05, 0.1) is 7.11 Å². The molecule has 0 aromatic heterocycles. The molecule has 3 heteroatoms. The highest BCUT2D eigenvalue weighted by Gasteiger charge is 2.13. The molecule has 0 radical (unpaired) electrons. The molecule has 0 aliphatic heterocycles. The minimum absolute atomic E-state index is 0.179. The fourth-order valence-corrected chi connectivity index (χ4v) is 1.51. The Balaban J connectivity index is 3.13. The Labute approximate surface area is 90.2 Å². The molecule has 84 valence electrons. The number of hydrogen-bond donors (Lipinski definition) is 1. The number of nitrogens with two attached hydrogens (primary N) is 1. The van der Waals surface area contributed by atoms with Crippen molar-refractivity contribution in [3.8, 4) is 5.75 Å². The maximum absolute atomic E-state index is 13.1. The predicted molar refractivity (Wildman–Crippen MR) is 60.0 cm³/mol. The van der Waals surface area contributed by atoms with Crippen molar-refractivity contribution in [3.63, 3.8) is 0 Å². The summed E-state index contributed by atoms with van der Waals surface area (Å²) in [6.07, 6.45) is -0.959. The third-order valence-corrected chi connectivity index (χ3v) is 2.60. The van der Waals surface area contributed by atoms with E-state index in [1.165, 1.54) is 6.92 Å². The van der Waals surface area contributed by atoms with Gasteiger partial charge in [0.15, 0.2) is 0 Å². The van der Waals surface area contributed by atoms with E-state index in [1.807, 2.05) is 13.0 Å². The summed E-state index contributed by atoms with van der Waals surface area (Å²) >= 11 is 0. The number of benzene rings is 1. The largest absolute Gasteiger partial charge is 0.496 e. The van der Waals surface area contributed by atoms with Gasteiger partial charge in [-0.05, 0) is 42.6 Å². The number of hydrogen-bond acceptors (Lipinski definition) is 2. The van der Waals surface area contributed by atoms with E-state index in [-0.39, 0.29) is 5.92 Å². The molecule has 15 heavy (non-hydrogen) atoms. The van der Waals surface area contributed by atoms with Crippen molar-refractivity contribution < 1.29 is 9.13 Å². The summed E-state index contributed by atoms with van der Waals surface area (Å²) in [4.78, 5) is 0.